The van der Waals surface area contributed by atoms with Crippen LogP contribution in [0.2, 0.25) is 0 Å². The van der Waals surface area contributed by atoms with Gasteiger partial charge in [0.15, 0.2) is 0 Å². The van der Waals surface area contributed by atoms with Crippen molar-refractivity contribution in [3.05, 3.63) is 29.8 Å². The third kappa shape index (κ3) is 3.91. The van der Waals surface area contributed by atoms with E-state index in [0.29, 0.717) is 11.3 Å². The first kappa shape index (κ1) is 13.8. The van der Waals surface area contributed by atoms with Crippen molar-refractivity contribution in [1.82, 2.24) is 5.32 Å². The fourth-order valence-electron chi connectivity index (χ4n) is 1.79. The van der Waals surface area contributed by atoms with Gasteiger partial charge in [0.1, 0.15) is 0 Å². The summed E-state index contributed by atoms with van der Waals surface area (Å²) in [6.07, 6.45) is 1.77. The van der Waals surface area contributed by atoms with Gasteiger partial charge in [-0.3, -0.25) is 4.79 Å². The summed E-state index contributed by atoms with van der Waals surface area (Å²) in [5.41, 5.74) is 6.86. The van der Waals surface area contributed by atoms with Crippen LogP contribution in [-0.2, 0) is 4.74 Å². The topological polar surface area (TPSA) is 64.4 Å². The molecular weight excluding hydrogens is 240 g/mol. The van der Waals surface area contributed by atoms with Crippen LogP contribution in [0.4, 0.5) is 5.69 Å². The second kappa shape index (κ2) is 6.47. The van der Waals surface area contributed by atoms with E-state index in [1.54, 1.807) is 24.3 Å². The SMILES string of the molecule is Cl.Nc1cccc(C(=O)NC2CCOCC2)c1. The van der Waals surface area contributed by atoms with E-state index in [9.17, 15) is 4.79 Å². The molecule has 0 aliphatic carbocycles. The highest BCUT2D eigenvalue weighted by Gasteiger charge is 2.16. The second-order valence-electron chi connectivity index (χ2n) is 3.99. The largest absolute Gasteiger partial charge is 0.399 e. The zero-order valence-electron chi connectivity index (χ0n) is 9.52. The first-order valence-corrected chi connectivity index (χ1v) is 5.50. The molecule has 0 spiro atoms. The normalized spacial score (nSPS) is 16.0. The molecule has 0 bridgehead atoms. The van der Waals surface area contributed by atoms with Crippen LogP contribution in [0.15, 0.2) is 24.3 Å². The van der Waals surface area contributed by atoms with Crippen molar-refractivity contribution in [3.8, 4) is 0 Å². The number of carbonyl (C=O) groups excluding carboxylic acids is 1. The van der Waals surface area contributed by atoms with Crippen LogP contribution < -0.4 is 11.1 Å². The third-order valence-corrected chi connectivity index (χ3v) is 2.71. The van der Waals surface area contributed by atoms with Crippen molar-refractivity contribution < 1.29 is 9.53 Å². The number of nitrogens with two attached hydrogens (primary N) is 1. The maximum absolute atomic E-state index is 11.9. The Labute approximate surface area is 107 Å². The number of rotatable bonds is 2. The van der Waals surface area contributed by atoms with E-state index in [1.165, 1.54) is 0 Å². The number of nitrogens with one attached hydrogen (secondary N) is 1. The average molecular weight is 257 g/mol. The molecule has 1 aromatic carbocycles. The van der Waals surface area contributed by atoms with E-state index in [4.69, 9.17) is 10.5 Å². The van der Waals surface area contributed by atoms with Gasteiger partial charge in [-0.15, -0.1) is 12.4 Å². The predicted molar refractivity (Wildman–Crippen MR) is 69.4 cm³/mol. The van der Waals surface area contributed by atoms with Crippen LogP contribution in [0, 0.1) is 0 Å². The number of ether oxygens (including phenoxy) is 1. The maximum atomic E-state index is 11.9. The highest BCUT2D eigenvalue weighted by atomic mass is 35.5. The van der Waals surface area contributed by atoms with Gasteiger partial charge in [0.2, 0.25) is 0 Å². The van der Waals surface area contributed by atoms with Gasteiger partial charge < -0.3 is 15.8 Å². The summed E-state index contributed by atoms with van der Waals surface area (Å²) in [5.74, 6) is -0.0563. The number of anilines is 1. The van der Waals surface area contributed by atoms with Gasteiger partial charge in [0, 0.05) is 30.5 Å². The summed E-state index contributed by atoms with van der Waals surface area (Å²) in [5, 5.41) is 2.99. The minimum atomic E-state index is -0.0563. The number of hydrogen-bond acceptors (Lipinski definition) is 3. The van der Waals surface area contributed by atoms with Gasteiger partial charge >= 0.3 is 0 Å². The molecule has 4 nitrogen and oxygen atoms in total. The van der Waals surface area contributed by atoms with E-state index in [1.807, 2.05) is 0 Å². The van der Waals surface area contributed by atoms with E-state index in [0.717, 1.165) is 26.1 Å². The quantitative estimate of drug-likeness (QED) is 0.790. The van der Waals surface area contributed by atoms with Crippen LogP contribution in [0.3, 0.4) is 0 Å². The number of amides is 1. The molecule has 2 rings (SSSR count). The standard InChI is InChI=1S/C12H16N2O2.ClH/c13-10-3-1-2-9(8-10)12(15)14-11-4-6-16-7-5-11;/h1-3,8,11H,4-7,13H2,(H,14,15);1H. The fourth-order valence-corrected chi connectivity index (χ4v) is 1.79. The van der Waals surface area contributed by atoms with Crippen LogP contribution >= 0.6 is 12.4 Å². The van der Waals surface area contributed by atoms with Crippen LogP contribution in [0.25, 0.3) is 0 Å². The molecule has 1 amide bonds. The van der Waals surface area contributed by atoms with Crippen molar-refractivity contribution in [2.24, 2.45) is 0 Å². The Morgan fingerprint density at radius 2 is 2.06 bits per heavy atom. The molecule has 0 unspecified atom stereocenters. The zero-order valence-corrected chi connectivity index (χ0v) is 10.3. The zero-order chi connectivity index (χ0) is 11.4. The van der Waals surface area contributed by atoms with Crippen molar-refractivity contribution >= 4 is 24.0 Å². The van der Waals surface area contributed by atoms with Crippen LogP contribution in [0.5, 0.6) is 0 Å². The Morgan fingerprint density at radius 3 is 2.71 bits per heavy atom. The molecule has 1 saturated heterocycles. The Balaban J connectivity index is 0.00000144. The Kier molecular flexibility index (Phi) is 5.25. The summed E-state index contributed by atoms with van der Waals surface area (Å²) in [4.78, 5) is 11.9. The van der Waals surface area contributed by atoms with E-state index in [-0.39, 0.29) is 24.4 Å². The number of nitrogen functional groups attached to an aromatic ring is 1. The van der Waals surface area contributed by atoms with E-state index >= 15 is 0 Å². The number of halogens is 1. The molecule has 0 aromatic heterocycles. The lowest BCUT2D eigenvalue weighted by Gasteiger charge is -2.23. The molecule has 3 N–H and O–H groups in total. The highest BCUT2D eigenvalue weighted by Crippen LogP contribution is 2.10. The van der Waals surface area contributed by atoms with Crippen molar-refractivity contribution in [2.75, 3.05) is 18.9 Å². The highest BCUT2D eigenvalue weighted by molar-refractivity contribution is 5.95. The Hall–Kier alpha value is -1.26. The van der Waals surface area contributed by atoms with Crippen molar-refractivity contribution in [1.29, 1.82) is 0 Å². The smallest absolute Gasteiger partial charge is 0.251 e. The van der Waals surface area contributed by atoms with Gasteiger partial charge in [0.25, 0.3) is 5.91 Å². The molecule has 1 aliphatic heterocycles. The third-order valence-electron chi connectivity index (χ3n) is 2.71. The molecule has 1 aliphatic rings. The van der Waals surface area contributed by atoms with E-state index in [2.05, 4.69) is 5.32 Å². The molecule has 94 valence electrons. The van der Waals surface area contributed by atoms with E-state index < -0.39 is 0 Å². The molecule has 0 saturated carbocycles. The van der Waals surface area contributed by atoms with Crippen LogP contribution in [0.1, 0.15) is 23.2 Å². The van der Waals surface area contributed by atoms with Crippen molar-refractivity contribution in [2.45, 2.75) is 18.9 Å². The predicted octanol–water partition coefficient (Wildman–Crippen LogP) is 1.60. The summed E-state index contributed by atoms with van der Waals surface area (Å²) in [6, 6.07) is 7.24. The van der Waals surface area contributed by atoms with Gasteiger partial charge in [0.05, 0.1) is 0 Å². The first-order chi connectivity index (χ1) is 7.75. The summed E-state index contributed by atoms with van der Waals surface area (Å²) < 4.78 is 5.23. The fraction of sp³-hybridized carbons (Fsp3) is 0.417. The first-order valence-electron chi connectivity index (χ1n) is 5.50. The number of hydrogen-bond donors (Lipinski definition) is 2. The Bertz CT molecular complexity index is 379. The molecular formula is C12H17ClN2O2. The number of carbonyl (C=O) groups is 1. The molecule has 5 heteroatoms. The Morgan fingerprint density at radius 1 is 1.35 bits per heavy atom. The lowest BCUT2D eigenvalue weighted by molar-refractivity contribution is 0.0696. The minimum Gasteiger partial charge on any atom is -0.399 e. The molecule has 1 heterocycles. The lowest BCUT2D eigenvalue weighted by Crippen LogP contribution is -2.38. The molecule has 1 aromatic rings. The van der Waals surface area contributed by atoms with Gasteiger partial charge in [-0.05, 0) is 31.0 Å². The summed E-state index contributed by atoms with van der Waals surface area (Å²) in [6.45, 7) is 1.45. The monoisotopic (exact) mass is 256 g/mol. The average Bonchev–Trinajstić information content (AvgIpc) is 2.30. The van der Waals surface area contributed by atoms with Gasteiger partial charge in [-0.1, -0.05) is 6.07 Å². The van der Waals surface area contributed by atoms with Crippen molar-refractivity contribution in [3.63, 3.8) is 0 Å². The van der Waals surface area contributed by atoms with Gasteiger partial charge in [-0.2, -0.15) is 0 Å². The van der Waals surface area contributed by atoms with Gasteiger partial charge in [-0.25, -0.2) is 0 Å². The molecule has 0 atom stereocenters. The molecule has 17 heavy (non-hydrogen) atoms. The molecule has 1 fully saturated rings. The second-order valence-corrected chi connectivity index (χ2v) is 3.99. The minimum absolute atomic E-state index is 0. The summed E-state index contributed by atoms with van der Waals surface area (Å²) >= 11 is 0. The maximum Gasteiger partial charge on any atom is 0.251 e. The van der Waals surface area contributed by atoms with Crippen LogP contribution in [-0.4, -0.2) is 25.2 Å². The lowest BCUT2D eigenvalue weighted by atomic mass is 10.1. The number of benzene rings is 1. The molecule has 0 radical (unpaired) electrons. The summed E-state index contributed by atoms with van der Waals surface area (Å²) in [7, 11) is 0.